The summed E-state index contributed by atoms with van der Waals surface area (Å²) >= 11 is 12.0. The predicted molar refractivity (Wildman–Crippen MR) is 139 cm³/mol. The van der Waals surface area contributed by atoms with Gasteiger partial charge in [0.2, 0.25) is 0 Å². The highest BCUT2D eigenvalue weighted by atomic mass is 35.5. The van der Waals surface area contributed by atoms with Crippen LogP contribution in [0, 0.1) is 0 Å². The Bertz CT molecular complexity index is 1070. The van der Waals surface area contributed by atoms with Crippen molar-refractivity contribution in [3.8, 4) is 0 Å². The molecule has 3 atom stereocenters. The molecule has 10 heteroatoms. The van der Waals surface area contributed by atoms with Gasteiger partial charge in [-0.15, -0.1) is 0 Å². The average molecular weight is 558 g/mol. The molecule has 37 heavy (non-hydrogen) atoms. The van der Waals surface area contributed by atoms with Gasteiger partial charge in [0.15, 0.2) is 0 Å². The summed E-state index contributed by atoms with van der Waals surface area (Å²) in [6.45, 7) is 9.34. The number of piperazine rings is 1. The van der Waals surface area contributed by atoms with Crippen molar-refractivity contribution in [2.24, 2.45) is 0 Å². The van der Waals surface area contributed by atoms with Gasteiger partial charge in [0.1, 0.15) is 0 Å². The number of carbonyl (C=O) groups excluding carboxylic acids is 1. The maximum absolute atomic E-state index is 13.5. The monoisotopic (exact) mass is 557 g/mol. The molecule has 2 saturated heterocycles. The molecule has 0 N–H and O–H groups in total. The molecule has 202 valence electrons. The van der Waals surface area contributed by atoms with Crippen LogP contribution in [-0.4, -0.2) is 84.7 Å². The average Bonchev–Trinajstić information content (AvgIpc) is 2.82. The lowest BCUT2D eigenvalue weighted by Crippen LogP contribution is -2.57. The highest BCUT2D eigenvalue weighted by Crippen LogP contribution is 2.32. The van der Waals surface area contributed by atoms with E-state index in [0.29, 0.717) is 31.1 Å². The van der Waals surface area contributed by atoms with E-state index in [1.54, 1.807) is 17.0 Å². The van der Waals surface area contributed by atoms with Gasteiger partial charge in [-0.3, -0.25) is 14.6 Å². The molecule has 0 saturated carbocycles. The Morgan fingerprint density at radius 2 is 1.57 bits per heavy atom. The normalized spacial score (nSPS) is 23.9. The zero-order chi connectivity index (χ0) is 26.7. The lowest BCUT2D eigenvalue weighted by atomic mass is 10.00. The van der Waals surface area contributed by atoms with Crippen molar-refractivity contribution < 1.29 is 22.7 Å². The van der Waals surface area contributed by atoms with Gasteiger partial charge in [-0.1, -0.05) is 35.3 Å². The molecule has 0 radical (unpaired) electrons. The minimum Gasteiger partial charge on any atom is -0.373 e. The number of alkyl halides is 3. The highest BCUT2D eigenvalue weighted by Gasteiger charge is 2.35. The Labute approximate surface area is 226 Å². The molecule has 1 amide bonds. The van der Waals surface area contributed by atoms with E-state index >= 15 is 0 Å². The van der Waals surface area contributed by atoms with Crippen LogP contribution in [0.2, 0.25) is 10.0 Å². The van der Waals surface area contributed by atoms with E-state index in [4.69, 9.17) is 27.9 Å². The molecule has 2 aromatic carbocycles. The second-order valence-electron chi connectivity index (χ2n) is 10.0. The second-order valence-corrected chi connectivity index (χ2v) is 10.9. The summed E-state index contributed by atoms with van der Waals surface area (Å²) in [6.07, 6.45) is -3.64. The Hall–Kier alpha value is -1.84. The fraction of sp³-hybridized carbons (Fsp3) is 0.519. The fourth-order valence-electron chi connectivity index (χ4n) is 5.25. The van der Waals surface area contributed by atoms with Crippen molar-refractivity contribution in [1.29, 1.82) is 0 Å². The Morgan fingerprint density at radius 3 is 2.22 bits per heavy atom. The van der Waals surface area contributed by atoms with Crippen LogP contribution in [0.1, 0.15) is 35.3 Å². The molecule has 2 aliphatic rings. The molecule has 2 aromatic rings. The molecular weight excluding hydrogens is 526 g/mol. The van der Waals surface area contributed by atoms with Gasteiger partial charge in [0.25, 0.3) is 5.91 Å². The molecule has 5 nitrogen and oxygen atoms in total. The SMILES string of the molecule is C[C@@H]1CN(CCN2CCN(C(=O)c3cc(Cl)cc(C(F)(F)F)c3)C(Cc3ccc(Cl)cc3)C2)C[C@H](C)O1. The number of hydrogen-bond donors (Lipinski definition) is 0. The Balaban J connectivity index is 1.50. The van der Waals surface area contributed by atoms with E-state index in [-0.39, 0.29) is 28.8 Å². The van der Waals surface area contributed by atoms with Crippen molar-refractivity contribution >= 4 is 29.1 Å². The zero-order valence-electron chi connectivity index (χ0n) is 21.0. The molecular formula is C27H32Cl2F3N3O2. The molecule has 1 unspecified atom stereocenters. The summed E-state index contributed by atoms with van der Waals surface area (Å²) < 4.78 is 46.0. The number of benzene rings is 2. The van der Waals surface area contributed by atoms with E-state index in [9.17, 15) is 18.0 Å². The highest BCUT2D eigenvalue weighted by molar-refractivity contribution is 6.31. The summed E-state index contributed by atoms with van der Waals surface area (Å²) in [5, 5.41) is 0.509. The van der Waals surface area contributed by atoms with Gasteiger partial charge in [0, 0.05) is 67.5 Å². The molecule has 0 spiro atoms. The van der Waals surface area contributed by atoms with Crippen LogP contribution in [0.15, 0.2) is 42.5 Å². The van der Waals surface area contributed by atoms with Crippen molar-refractivity contribution in [3.05, 3.63) is 69.2 Å². The minimum absolute atomic E-state index is 0.0503. The molecule has 2 fully saturated rings. The van der Waals surface area contributed by atoms with Gasteiger partial charge >= 0.3 is 6.18 Å². The van der Waals surface area contributed by atoms with Crippen molar-refractivity contribution in [1.82, 2.24) is 14.7 Å². The van der Waals surface area contributed by atoms with E-state index in [1.165, 1.54) is 6.07 Å². The van der Waals surface area contributed by atoms with E-state index in [2.05, 4.69) is 23.6 Å². The van der Waals surface area contributed by atoms with Crippen LogP contribution in [0.4, 0.5) is 13.2 Å². The van der Waals surface area contributed by atoms with Gasteiger partial charge in [-0.05, 0) is 56.2 Å². The summed E-state index contributed by atoms with van der Waals surface area (Å²) in [6, 6.07) is 10.3. The van der Waals surface area contributed by atoms with E-state index < -0.39 is 17.6 Å². The number of hydrogen-bond acceptors (Lipinski definition) is 4. The number of rotatable bonds is 6. The van der Waals surface area contributed by atoms with Crippen molar-refractivity contribution in [2.75, 3.05) is 45.8 Å². The number of carbonyl (C=O) groups is 1. The number of ether oxygens (including phenoxy) is 1. The molecule has 4 rings (SSSR count). The minimum atomic E-state index is -4.59. The number of amides is 1. The maximum Gasteiger partial charge on any atom is 0.416 e. The summed E-state index contributed by atoms with van der Waals surface area (Å²) in [5.74, 6) is -0.442. The van der Waals surface area contributed by atoms with E-state index in [0.717, 1.165) is 43.9 Å². The zero-order valence-corrected chi connectivity index (χ0v) is 22.5. The van der Waals surface area contributed by atoms with Crippen molar-refractivity contribution in [2.45, 2.75) is 44.7 Å². The first-order valence-electron chi connectivity index (χ1n) is 12.5. The third kappa shape index (κ3) is 7.60. The number of halogens is 5. The third-order valence-corrected chi connectivity index (χ3v) is 7.38. The summed E-state index contributed by atoms with van der Waals surface area (Å²) in [4.78, 5) is 19.9. The first kappa shape index (κ1) is 28.2. The summed E-state index contributed by atoms with van der Waals surface area (Å²) in [5.41, 5.74) is 0.0304. The van der Waals surface area contributed by atoms with Crippen LogP contribution >= 0.6 is 23.2 Å². The Morgan fingerprint density at radius 1 is 0.919 bits per heavy atom. The van der Waals surface area contributed by atoms with Crippen molar-refractivity contribution in [3.63, 3.8) is 0 Å². The second kappa shape index (κ2) is 11.9. The summed E-state index contributed by atoms with van der Waals surface area (Å²) in [7, 11) is 0. The molecule has 0 bridgehead atoms. The van der Waals surface area contributed by atoms with Gasteiger partial charge in [-0.25, -0.2) is 0 Å². The quantitative estimate of drug-likeness (QED) is 0.470. The predicted octanol–water partition coefficient (Wildman–Crippen LogP) is 5.49. The maximum atomic E-state index is 13.5. The van der Waals surface area contributed by atoms with Gasteiger partial charge < -0.3 is 9.64 Å². The largest absolute Gasteiger partial charge is 0.416 e. The van der Waals surface area contributed by atoms with Crippen LogP contribution in [0.25, 0.3) is 0 Å². The smallest absolute Gasteiger partial charge is 0.373 e. The number of morpholine rings is 1. The standard InChI is InChI=1S/C27H32Cl2F3N3O2/c1-18-15-34(16-19(2)37-18)8-7-33-9-10-35(25(17-33)11-20-3-5-23(28)6-4-20)26(36)21-12-22(27(30,31)32)14-24(29)13-21/h3-6,12-14,18-19,25H,7-11,15-17H2,1-2H3/t18-,19+,25?. The van der Waals surface area contributed by atoms with Crippen LogP contribution in [0.3, 0.4) is 0 Å². The Kier molecular flexibility index (Phi) is 9.07. The van der Waals surface area contributed by atoms with Gasteiger partial charge in [-0.2, -0.15) is 13.2 Å². The lowest BCUT2D eigenvalue weighted by Gasteiger charge is -2.43. The third-order valence-electron chi connectivity index (χ3n) is 6.91. The first-order chi connectivity index (χ1) is 17.5. The fourth-order valence-corrected chi connectivity index (χ4v) is 5.61. The number of nitrogens with zero attached hydrogens (tertiary/aromatic N) is 3. The van der Waals surface area contributed by atoms with E-state index in [1.807, 2.05) is 12.1 Å². The topological polar surface area (TPSA) is 36.0 Å². The molecule has 0 aromatic heterocycles. The molecule has 2 heterocycles. The molecule has 0 aliphatic carbocycles. The molecule has 2 aliphatic heterocycles. The lowest BCUT2D eigenvalue weighted by molar-refractivity contribution is -0.137. The first-order valence-corrected chi connectivity index (χ1v) is 13.3. The van der Waals surface area contributed by atoms with Crippen LogP contribution in [0.5, 0.6) is 0 Å². The van der Waals surface area contributed by atoms with Crippen LogP contribution < -0.4 is 0 Å². The van der Waals surface area contributed by atoms with Crippen LogP contribution in [-0.2, 0) is 17.3 Å². The van der Waals surface area contributed by atoms with Gasteiger partial charge in [0.05, 0.1) is 17.8 Å².